The van der Waals surface area contributed by atoms with Gasteiger partial charge in [-0.25, -0.2) is 0 Å². The number of nitrogens with zero attached hydrogens (tertiary/aromatic N) is 3. The Morgan fingerprint density at radius 2 is 1.79 bits per heavy atom. The lowest BCUT2D eigenvalue weighted by atomic mass is 9.96. The molecule has 1 fully saturated rings. The van der Waals surface area contributed by atoms with Gasteiger partial charge in [-0.05, 0) is 98.4 Å². The molecule has 0 radical (unpaired) electrons. The van der Waals surface area contributed by atoms with Crippen LogP contribution in [0.1, 0.15) is 34.7 Å². The molecule has 1 aliphatic rings. The molecule has 1 saturated heterocycles. The lowest BCUT2D eigenvalue weighted by molar-refractivity contribution is -0.119. The van der Waals surface area contributed by atoms with Crippen molar-refractivity contribution >= 4 is 46.2 Å². The number of carbonyl (C=O) groups excluding carboxylic acids is 1. The van der Waals surface area contributed by atoms with Crippen molar-refractivity contribution in [2.24, 2.45) is 0 Å². The number of hydrogen-bond donors (Lipinski definition) is 2. The molecule has 3 heterocycles. The summed E-state index contributed by atoms with van der Waals surface area (Å²) in [6, 6.07) is 23.3. The maximum atomic E-state index is 12.0. The highest BCUT2D eigenvalue weighted by Crippen LogP contribution is 2.44. The molecule has 0 aliphatic carbocycles. The Labute approximate surface area is 232 Å². The van der Waals surface area contributed by atoms with Crippen molar-refractivity contribution in [2.45, 2.75) is 25.9 Å². The molecule has 38 heavy (non-hydrogen) atoms. The molecule has 0 bridgehead atoms. The van der Waals surface area contributed by atoms with Crippen LogP contribution in [-0.2, 0) is 9.53 Å². The van der Waals surface area contributed by atoms with Crippen LogP contribution in [0.15, 0.2) is 79.0 Å². The molecule has 2 aromatic heterocycles. The lowest BCUT2D eigenvalue weighted by Crippen LogP contribution is -2.29. The summed E-state index contributed by atoms with van der Waals surface area (Å²) in [6.45, 7) is 4.22. The van der Waals surface area contributed by atoms with Crippen LogP contribution in [0.5, 0.6) is 0 Å². The predicted molar refractivity (Wildman–Crippen MR) is 155 cm³/mol. The quantitative estimate of drug-likeness (QED) is 0.282. The summed E-state index contributed by atoms with van der Waals surface area (Å²) in [7, 11) is 1.49. The summed E-state index contributed by atoms with van der Waals surface area (Å²) in [5, 5.41) is 7.66. The zero-order chi connectivity index (χ0) is 26.8. The molecule has 9 heteroatoms. The molecule has 1 aliphatic heterocycles. The number of amides is 1. The largest absolute Gasteiger partial charge is 0.375 e. The molecule has 194 valence electrons. The second-order valence-electron chi connectivity index (χ2n) is 9.16. The SMILES string of the molecule is COCC(=O)Nc1ccc(N2C(=S)NC(c3ccccn3)C2c2cc(C)n(-c3ccc(Cl)cc3)c2C)cc1. The fourth-order valence-electron chi connectivity index (χ4n) is 5.06. The van der Waals surface area contributed by atoms with E-state index in [1.54, 1.807) is 6.20 Å². The maximum absolute atomic E-state index is 12.0. The van der Waals surface area contributed by atoms with Gasteiger partial charge in [-0.1, -0.05) is 17.7 Å². The van der Waals surface area contributed by atoms with Gasteiger partial charge < -0.3 is 24.8 Å². The van der Waals surface area contributed by atoms with Gasteiger partial charge in [-0.2, -0.15) is 0 Å². The molecular weight excluding hydrogens is 518 g/mol. The topological polar surface area (TPSA) is 71.4 Å². The molecule has 1 amide bonds. The van der Waals surface area contributed by atoms with Crippen LogP contribution in [-0.4, -0.2) is 34.3 Å². The van der Waals surface area contributed by atoms with E-state index in [0.29, 0.717) is 15.8 Å². The van der Waals surface area contributed by atoms with Gasteiger partial charge in [-0.15, -0.1) is 0 Å². The van der Waals surface area contributed by atoms with E-state index >= 15 is 0 Å². The highest BCUT2D eigenvalue weighted by molar-refractivity contribution is 7.80. The van der Waals surface area contributed by atoms with E-state index in [2.05, 4.69) is 45.0 Å². The summed E-state index contributed by atoms with van der Waals surface area (Å²) in [4.78, 5) is 18.7. The first-order valence-electron chi connectivity index (χ1n) is 12.2. The number of aromatic nitrogens is 2. The second-order valence-corrected chi connectivity index (χ2v) is 9.99. The van der Waals surface area contributed by atoms with Crippen LogP contribution in [0.4, 0.5) is 11.4 Å². The number of ether oxygens (including phenoxy) is 1. The maximum Gasteiger partial charge on any atom is 0.250 e. The molecular formula is C29H28ClN5O2S. The van der Waals surface area contributed by atoms with E-state index in [-0.39, 0.29) is 24.6 Å². The van der Waals surface area contributed by atoms with E-state index in [1.165, 1.54) is 7.11 Å². The zero-order valence-electron chi connectivity index (χ0n) is 21.3. The molecule has 4 aromatic rings. The Bertz CT molecular complexity index is 1460. The highest BCUT2D eigenvalue weighted by atomic mass is 35.5. The predicted octanol–water partition coefficient (Wildman–Crippen LogP) is 5.90. The van der Waals surface area contributed by atoms with Gasteiger partial charge in [0.1, 0.15) is 6.61 Å². The van der Waals surface area contributed by atoms with Gasteiger partial charge in [0.05, 0.1) is 17.8 Å². The van der Waals surface area contributed by atoms with E-state index < -0.39 is 0 Å². The number of pyridine rings is 1. The molecule has 7 nitrogen and oxygen atoms in total. The molecule has 5 rings (SSSR count). The fraction of sp³-hybridized carbons (Fsp3) is 0.207. The third-order valence-corrected chi connectivity index (χ3v) is 7.24. The number of halogens is 1. The normalized spacial score (nSPS) is 16.9. The number of carbonyl (C=O) groups is 1. The first-order chi connectivity index (χ1) is 18.4. The number of anilines is 2. The Balaban J connectivity index is 1.57. The van der Waals surface area contributed by atoms with E-state index in [4.69, 9.17) is 28.6 Å². The summed E-state index contributed by atoms with van der Waals surface area (Å²) in [6.07, 6.45) is 1.80. The van der Waals surface area contributed by atoms with Crippen LogP contribution in [0, 0.1) is 13.8 Å². The van der Waals surface area contributed by atoms with E-state index in [0.717, 1.165) is 34.0 Å². The first-order valence-corrected chi connectivity index (χ1v) is 13.0. The standard InChI is InChI=1S/C29H28ClN5O2S/c1-18-16-24(19(2)34(18)22-11-7-20(30)8-12-22)28-27(25-6-4-5-15-31-25)33-29(38)35(28)23-13-9-21(10-14-23)32-26(36)17-37-3/h4-16,27-28H,17H2,1-3H3,(H,32,36)(H,33,38). The van der Waals surface area contributed by atoms with Gasteiger partial charge in [0, 0.05) is 46.8 Å². The van der Waals surface area contributed by atoms with Gasteiger partial charge in [0.15, 0.2) is 5.11 Å². The van der Waals surface area contributed by atoms with Crippen LogP contribution < -0.4 is 15.5 Å². The second kappa shape index (κ2) is 10.9. The summed E-state index contributed by atoms with van der Waals surface area (Å²) < 4.78 is 7.14. The number of hydrogen-bond acceptors (Lipinski definition) is 4. The van der Waals surface area contributed by atoms with Crippen LogP contribution in [0.2, 0.25) is 5.02 Å². The monoisotopic (exact) mass is 545 g/mol. The van der Waals surface area contributed by atoms with Crippen molar-refractivity contribution in [2.75, 3.05) is 23.9 Å². The minimum atomic E-state index is -0.207. The molecule has 2 atom stereocenters. The summed E-state index contributed by atoms with van der Waals surface area (Å²) in [5.41, 5.74) is 6.89. The van der Waals surface area contributed by atoms with Gasteiger partial charge in [0.2, 0.25) is 5.91 Å². The number of rotatable bonds is 7. The number of aryl methyl sites for hydroxylation is 1. The van der Waals surface area contributed by atoms with E-state index in [9.17, 15) is 4.79 Å². The average molecular weight is 546 g/mol. The Morgan fingerprint density at radius 1 is 1.08 bits per heavy atom. The minimum absolute atomic E-state index is 0.00104. The molecule has 2 N–H and O–H groups in total. The first kappa shape index (κ1) is 25.9. The third kappa shape index (κ3) is 5.03. The summed E-state index contributed by atoms with van der Waals surface area (Å²) in [5.74, 6) is -0.207. The smallest absolute Gasteiger partial charge is 0.250 e. The fourth-order valence-corrected chi connectivity index (χ4v) is 5.53. The van der Waals surface area contributed by atoms with Crippen LogP contribution >= 0.6 is 23.8 Å². The Kier molecular flexibility index (Phi) is 7.46. The number of methoxy groups -OCH3 is 1. The van der Waals surface area contributed by atoms with Crippen LogP contribution in [0.3, 0.4) is 0 Å². The Morgan fingerprint density at radius 3 is 2.45 bits per heavy atom. The number of nitrogens with one attached hydrogen (secondary N) is 2. The minimum Gasteiger partial charge on any atom is -0.375 e. The van der Waals surface area contributed by atoms with Gasteiger partial charge in [0.25, 0.3) is 0 Å². The van der Waals surface area contributed by atoms with Gasteiger partial charge >= 0.3 is 0 Å². The van der Waals surface area contributed by atoms with Crippen molar-refractivity contribution in [3.63, 3.8) is 0 Å². The van der Waals surface area contributed by atoms with Crippen LogP contribution in [0.25, 0.3) is 5.69 Å². The number of benzene rings is 2. The van der Waals surface area contributed by atoms with Crippen molar-refractivity contribution in [3.05, 3.63) is 107 Å². The average Bonchev–Trinajstić information content (AvgIpc) is 3.41. The Hall–Kier alpha value is -3.72. The molecule has 0 spiro atoms. The summed E-state index contributed by atoms with van der Waals surface area (Å²) >= 11 is 12.0. The highest BCUT2D eigenvalue weighted by Gasteiger charge is 2.42. The van der Waals surface area contributed by atoms with Crippen molar-refractivity contribution in [3.8, 4) is 5.69 Å². The van der Waals surface area contributed by atoms with Gasteiger partial charge in [-0.3, -0.25) is 9.78 Å². The molecule has 0 saturated carbocycles. The van der Waals surface area contributed by atoms with Crippen molar-refractivity contribution in [1.82, 2.24) is 14.9 Å². The van der Waals surface area contributed by atoms with Crippen molar-refractivity contribution < 1.29 is 9.53 Å². The molecule has 2 aromatic carbocycles. The lowest BCUT2D eigenvalue weighted by Gasteiger charge is -2.28. The van der Waals surface area contributed by atoms with E-state index in [1.807, 2.05) is 66.7 Å². The molecule has 2 unspecified atom stereocenters. The number of thiocarbonyl (C=S) groups is 1. The zero-order valence-corrected chi connectivity index (χ0v) is 22.9. The third-order valence-electron chi connectivity index (χ3n) is 6.68. The van der Waals surface area contributed by atoms with Crippen molar-refractivity contribution in [1.29, 1.82) is 0 Å².